The topological polar surface area (TPSA) is 82.2 Å². The number of ether oxygens (including phenoxy) is 1. The summed E-state index contributed by atoms with van der Waals surface area (Å²) in [6.07, 6.45) is 0. The SMILES string of the molecule is O=C([O-])c1ccc(OCc2ccc(Cl)cc2)c(=O)[nH]1.[Na+]. The van der Waals surface area contributed by atoms with Crippen molar-refractivity contribution in [3.63, 3.8) is 0 Å². The number of H-pyrrole nitrogens is 1. The summed E-state index contributed by atoms with van der Waals surface area (Å²) in [6, 6.07) is 9.47. The Kier molecular flexibility index (Phi) is 6.29. The molecule has 0 spiro atoms. The largest absolute Gasteiger partial charge is 1.00 e. The number of rotatable bonds is 4. The van der Waals surface area contributed by atoms with Crippen molar-refractivity contribution in [1.82, 2.24) is 4.98 Å². The van der Waals surface area contributed by atoms with Gasteiger partial charge in [-0.15, -0.1) is 0 Å². The molecule has 1 heterocycles. The molecule has 0 fully saturated rings. The van der Waals surface area contributed by atoms with Crippen LogP contribution in [0.4, 0.5) is 0 Å². The molecule has 0 saturated carbocycles. The molecule has 0 bridgehead atoms. The van der Waals surface area contributed by atoms with E-state index in [1.807, 2.05) is 0 Å². The molecule has 0 amide bonds. The number of benzene rings is 1. The molecule has 1 N–H and O–H groups in total. The van der Waals surface area contributed by atoms with E-state index in [-0.39, 0.29) is 47.6 Å². The molecule has 0 saturated heterocycles. The Hall–Kier alpha value is -1.27. The molecule has 2 aromatic rings. The van der Waals surface area contributed by atoms with Gasteiger partial charge in [-0.25, -0.2) is 0 Å². The number of aromatic amines is 1. The fraction of sp³-hybridized carbons (Fsp3) is 0.0769. The quantitative estimate of drug-likeness (QED) is 0.661. The van der Waals surface area contributed by atoms with Crippen LogP contribution in [0.25, 0.3) is 0 Å². The van der Waals surface area contributed by atoms with Crippen molar-refractivity contribution >= 4 is 17.6 Å². The Morgan fingerprint density at radius 1 is 1.20 bits per heavy atom. The number of pyridine rings is 1. The zero-order valence-corrected chi connectivity index (χ0v) is 13.4. The molecule has 1 aromatic carbocycles. The van der Waals surface area contributed by atoms with Gasteiger partial charge in [-0.3, -0.25) is 4.79 Å². The van der Waals surface area contributed by atoms with Crippen LogP contribution in [-0.4, -0.2) is 11.0 Å². The first-order chi connectivity index (χ1) is 9.06. The van der Waals surface area contributed by atoms with Gasteiger partial charge < -0.3 is 19.6 Å². The zero-order chi connectivity index (χ0) is 13.8. The molecular weight excluding hydrogens is 293 g/mol. The van der Waals surface area contributed by atoms with Gasteiger partial charge in [0.15, 0.2) is 5.75 Å². The van der Waals surface area contributed by atoms with Gasteiger partial charge in [-0.05, 0) is 29.8 Å². The predicted molar refractivity (Wildman–Crippen MR) is 67.2 cm³/mol. The average Bonchev–Trinajstić information content (AvgIpc) is 2.39. The fourth-order valence-electron chi connectivity index (χ4n) is 1.43. The van der Waals surface area contributed by atoms with Crippen molar-refractivity contribution in [3.8, 4) is 5.75 Å². The van der Waals surface area contributed by atoms with E-state index in [0.717, 1.165) is 5.56 Å². The summed E-state index contributed by atoms with van der Waals surface area (Å²) >= 11 is 5.74. The van der Waals surface area contributed by atoms with Crippen LogP contribution in [0, 0.1) is 0 Å². The summed E-state index contributed by atoms with van der Waals surface area (Å²) in [6.45, 7) is 0.185. The Morgan fingerprint density at radius 3 is 2.40 bits per heavy atom. The van der Waals surface area contributed by atoms with Crippen LogP contribution < -0.4 is 45.0 Å². The van der Waals surface area contributed by atoms with Gasteiger partial charge in [0.25, 0.3) is 5.56 Å². The second-order valence-corrected chi connectivity index (χ2v) is 4.20. The van der Waals surface area contributed by atoms with Gasteiger partial charge in [0.05, 0.1) is 11.7 Å². The minimum atomic E-state index is -1.44. The van der Waals surface area contributed by atoms with Gasteiger partial charge in [-0.2, -0.15) is 0 Å². The second-order valence-electron chi connectivity index (χ2n) is 3.77. The summed E-state index contributed by atoms with van der Waals surface area (Å²) in [5.41, 5.74) is -0.0627. The Morgan fingerprint density at radius 2 is 1.85 bits per heavy atom. The summed E-state index contributed by atoms with van der Waals surface area (Å²) in [7, 11) is 0. The predicted octanol–water partition coefficient (Wildman–Crippen LogP) is -2.03. The molecule has 0 radical (unpaired) electrons. The third-order valence-corrected chi connectivity index (χ3v) is 2.65. The zero-order valence-electron chi connectivity index (χ0n) is 10.7. The van der Waals surface area contributed by atoms with Crippen LogP contribution in [0.1, 0.15) is 16.1 Å². The van der Waals surface area contributed by atoms with Gasteiger partial charge in [0.2, 0.25) is 0 Å². The molecule has 1 aromatic heterocycles. The Balaban J connectivity index is 0.00000200. The number of aromatic nitrogens is 1. The van der Waals surface area contributed by atoms with Crippen molar-refractivity contribution in [3.05, 3.63) is 63.0 Å². The maximum atomic E-state index is 11.5. The number of carboxylic acid groups (broad SMARTS) is 1. The van der Waals surface area contributed by atoms with Crippen LogP contribution in [0.15, 0.2) is 41.2 Å². The average molecular weight is 302 g/mol. The maximum absolute atomic E-state index is 11.5. The van der Waals surface area contributed by atoms with Gasteiger partial charge in [0, 0.05) is 5.02 Å². The van der Waals surface area contributed by atoms with E-state index in [2.05, 4.69) is 4.98 Å². The summed E-state index contributed by atoms with van der Waals surface area (Å²) in [5, 5.41) is 11.2. The van der Waals surface area contributed by atoms with Crippen molar-refractivity contribution in [1.29, 1.82) is 0 Å². The fourth-order valence-corrected chi connectivity index (χ4v) is 1.56. The van der Waals surface area contributed by atoms with Crippen molar-refractivity contribution in [2.45, 2.75) is 6.61 Å². The number of hydrogen-bond acceptors (Lipinski definition) is 4. The summed E-state index contributed by atoms with van der Waals surface area (Å²) < 4.78 is 5.30. The van der Waals surface area contributed by atoms with Gasteiger partial charge in [-0.1, -0.05) is 23.7 Å². The van der Waals surface area contributed by atoms with E-state index in [9.17, 15) is 14.7 Å². The van der Waals surface area contributed by atoms with Crippen LogP contribution in [0.5, 0.6) is 5.75 Å². The molecule has 0 aliphatic rings. The molecule has 7 heteroatoms. The molecule has 98 valence electrons. The maximum Gasteiger partial charge on any atom is 1.00 e. The molecule has 5 nitrogen and oxygen atoms in total. The number of aromatic carboxylic acids is 1. The number of carboxylic acids is 1. The van der Waals surface area contributed by atoms with Crippen molar-refractivity contribution in [2.75, 3.05) is 0 Å². The Labute approximate surface area is 141 Å². The number of carbonyl (C=O) groups is 1. The van der Waals surface area contributed by atoms with Crippen molar-refractivity contribution < 1.29 is 44.2 Å². The third kappa shape index (κ3) is 4.38. The van der Waals surface area contributed by atoms with Gasteiger partial charge in [0.1, 0.15) is 6.61 Å². The second kappa shape index (κ2) is 7.50. The monoisotopic (exact) mass is 301 g/mol. The molecular formula is C13H9ClNNaO4. The summed E-state index contributed by atoms with van der Waals surface area (Å²) in [4.78, 5) is 24.2. The summed E-state index contributed by atoms with van der Waals surface area (Å²) in [5.74, 6) is -1.40. The minimum Gasteiger partial charge on any atom is -0.543 e. The van der Waals surface area contributed by atoms with Crippen LogP contribution in [-0.2, 0) is 6.61 Å². The van der Waals surface area contributed by atoms with Crippen LogP contribution >= 0.6 is 11.6 Å². The number of nitrogens with one attached hydrogen (secondary N) is 1. The Bertz CT molecular complexity index is 654. The van der Waals surface area contributed by atoms with E-state index >= 15 is 0 Å². The number of carbonyl (C=O) groups excluding carboxylic acids is 1. The standard InChI is InChI=1S/C13H10ClNO4.Na/c14-9-3-1-8(2-4-9)7-19-11-6-5-10(13(17)18)15-12(11)16;/h1-6H,7H2,(H,15,16)(H,17,18);/q;+1/p-1. The van der Waals surface area contributed by atoms with E-state index in [4.69, 9.17) is 16.3 Å². The number of hydrogen-bond donors (Lipinski definition) is 1. The third-order valence-electron chi connectivity index (χ3n) is 2.40. The molecule has 0 atom stereocenters. The van der Waals surface area contributed by atoms with Crippen LogP contribution in [0.3, 0.4) is 0 Å². The van der Waals surface area contributed by atoms with E-state index in [0.29, 0.717) is 5.02 Å². The molecule has 0 aliphatic heterocycles. The van der Waals surface area contributed by atoms with Crippen LogP contribution in [0.2, 0.25) is 5.02 Å². The molecule has 0 unspecified atom stereocenters. The van der Waals surface area contributed by atoms with Crippen molar-refractivity contribution in [2.24, 2.45) is 0 Å². The first-order valence-corrected chi connectivity index (χ1v) is 5.76. The minimum absolute atomic E-state index is 0. The molecule has 20 heavy (non-hydrogen) atoms. The molecule has 0 aliphatic carbocycles. The smallest absolute Gasteiger partial charge is 0.543 e. The number of halogens is 1. The van der Waals surface area contributed by atoms with Gasteiger partial charge >= 0.3 is 29.6 Å². The van der Waals surface area contributed by atoms with E-state index in [1.54, 1.807) is 24.3 Å². The van der Waals surface area contributed by atoms with E-state index < -0.39 is 11.5 Å². The normalized spacial score (nSPS) is 9.65. The van der Waals surface area contributed by atoms with E-state index in [1.165, 1.54) is 12.1 Å². The first-order valence-electron chi connectivity index (χ1n) is 5.38. The first kappa shape index (κ1) is 16.8. The molecule has 2 rings (SSSR count).